The van der Waals surface area contributed by atoms with Gasteiger partial charge in [-0.25, -0.2) is 17.2 Å². The van der Waals surface area contributed by atoms with Crippen LogP contribution in [0.1, 0.15) is 37.8 Å². The number of carbonyl (C=O) groups excluding carboxylic acids is 1. The van der Waals surface area contributed by atoms with Crippen molar-refractivity contribution in [3.05, 3.63) is 66.5 Å². The normalized spacial score (nSPS) is 27.1. The van der Waals surface area contributed by atoms with Gasteiger partial charge in [-0.15, -0.1) is 6.58 Å². The summed E-state index contributed by atoms with van der Waals surface area (Å²) in [5, 5.41) is 2.67. The number of hydrogen-bond acceptors (Lipinski definition) is 5. The van der Waals surface area contributed by atoms with Crippen LogP contribution in [0.4, 0.5) is 27.6 Å². The molecule has 216 valence electrons. The van der Waals surface area contributed by atoms with E-state index < -0.39 is 57.8 Å². The standard InChI is InChI=1S/C27H29F5N4O3S/c1-2-16-9-25(35(15-16)40(38,39)22-7-3-18(28)4-8-22)26(37)34-13-19-12-24(23(29)14-33-19)36-20-5-6-21(36)11-17(10-20)27(30,31)32/h2-4,7-8,12,14,16-17,20-21,25H,1,5-6,9-11,13,15H2,(H,34,37). The summed E-state index contributed by atoms with van der Waals surface area (Å²) in [5.41, 5.74) is 0.439. The summed E-state index contributed by atoms with van der Waals surface area (Å²) in [7, 11) is -4.12. The van der Waals surface area contributed by atoms with E-state index >= 15 is 0 Å². The van der Waals surface area contributed by atoms with Gasteiger partial charge in [0.05, 0.1) is 34.9 Å². The quantitative estimate of drug-likeness (QED) is 0.382. The summed E-state index contributed by atoms with van der Waals surface area (Å²) < 4.78 is 95.8. The Labute approximate surface area is 229 Å². The first-order valence-corrected chi connectivity index (χ1v) is 14.5. The van der Waals surface area contributed by atoms with Gasteiger partial charge in [0.15, 0.2) is 5.82 Å². The number of aromatic nitrogens is 1. The molecule has 40 heavy (non-hydrogen) atoms. The van der Waals surface area contributed by atoms with Gasteiger partial charge in [0.1, 0.15) is 11.9 Å². The summed E-state index contributed by atoms with van der Waals surface area (Å²) in [4.78, 5) is 18.8. The molecule has 3 aliphatic rings. The molecule has 0 aliphatic carbocycles. The molecule has 7 nitrogen and oxygen atoms in total. The zero-order chi connectivity index (χ0) is 28.8. The van der Waals surface area contributed by atoms with Crippen LogP contribution in [0, 0.1) is 23.5 Å². The van der Waals surface area contributed by atoms with Crippen LogP contribution in [0.15, 0.2) is 54.1 Å². The summed E-state index contributed by atoms with van der Waals surface area (Å²) in [6, 6.07) is 3.81. The lowest BCUT2D eigenvalue weighted by molar-refractivity contribution is -0.182. The lowest BCUT2D eigenvalue weighted by Gasteiger charge is -2.41. The number of rotatable bonds is 7. The van der Waals surface area contributed by atoms with E-state index in [-0.39, 0.29) is 54.5 Å². The molecular formula is C27H29F5N4O3S. The fraction of sp³-hybridized carbons (Fsp3) is 0.481. The number of sulfonamides is 1. The fourth-order valence-electron chi connectivity index (χ4n) is 6.15. The zero-order valence-corrected chi connectivity index (χ0v) is 22.3. The van der Waals surface area contributed by atoms with E-state index in [9.17, 15) is 35.2 Å². The number of alkyl halides is 3. The Morgan fingerprint density at radius 3 is 2.35 bits per heavy atom. The molecule has 4 heterocycles. The monoisotopic (exact) mass is 584 g/mol. The predicted molar refractivity (Wildman–Crippen MR) is 136 cm³/mol. The van der Waals surface area contributed by atoms with Gasteiger partial charge in [0, 0.05) is 18.6 Å². The Hall–Kier alpha value is -3.06. The molecule has 2 aromatic rings. The van der Waals surface area contributed by atoms with Crippen molar-refractivity contribution in [1.29, 1.82) is 0 Å². The lowest BCUT2D eigenvalue weighted by atomic mass is 9.89. The minimum Gasteiger partial charge on any atom is -0.363 e. The first-order chi connectivity index (χ1) is 18.9. The molecule has 0 saturated carbocycles. The van der Waals surface area contributed by atoms with Crippen LogP contribution in [0.2, 0.25) is 0 Å². The molecule has 1 N–H and O–H groups in total. The van der Waals surface area contributed by atoms with Crippen LogP contribution in [0.25, 0.3) is 0 Å². The average Bonchev–Trinajstić information content (AvgIpc) is 3.46. The predicted octanol–water partition coefficient (Wildman–Crippen LogP) is 4.55. The van der Waals surface area contributed by atoms with Crippen LogP contribution < -0.4 is 10.2 Å². The number of pyridine rings is 1. The SMILES string of the molecule is C=CC1CC(C(=O)NCc2cc(N3C4CCC3CC(C(F)(F)F)C4)c(F)cn2)N(S(=O)(=O)c2ccc(F)cc2)C1. The van der Waals surface area contributed by atoms with Crippen molar-refractivity contribution in [3.8, 4) is 0 Å². The highest BCUT2D eigenvalue weighted by Crippen LogP contribution is 2.47. The van der Waals surface area contributed by atoms with E-state index in [1.54, 1.807) is 11.0 Å². The number of piperidine rings is 1. The van der Waals surface area contributed by atoms with Crippen molar-refractivity contribution in [2.45, 2.75) is 67.8 Å². The summed E-state index contributed by atoms with van der Waals surface area (Å²) >= 11 is 0. The molecule has 2 bridgehead atoms. The van der Waals surface area contributed by atoms with Crippen molar-refractivity contribution >= 4 is 21.6 Å². The maximum Gasteiger partial charge on any atom is 0.391 e. The van der Waals surface area contributed by atoms with Gasteiger partial charge in [-0.1, -0.05) is 6.08 Å². The van der Waals surface area contributed by atoms with Crippen LogP contribution in [0.5, 0.6) is 0 Å². The number of hydrogen-bond donors (Lipinski definition) is 1. The Balaban J connectivity index is 1.30. The molecule has 13 heteroatoms. The van der Waals surface area contributed by atoms with Gasteiger partial charge in [0.25, 0.3) is 0 Å². The molecule has 0 radical (unpaired) electrons. The van der Waals surface area contributed by atoms with Gasteiger partial charge < -0.3 is 10.2 Å². The second kappa shape index (κ2) is 10.7. The Kier molecular flexibility index (Phi) is 7.64. The Bertz CT molecular complexity index is 1370. The Morgan fingerprint density at radius 1 is 1.10 bits per heavy atom. The molecular weight excluding hydrogens is 555 g/mol. The van der Waals surface area contributed by atoms with Crippen molar-refractivity contribution in [3.63, 3.8) is 0 Å². The van der Waals surface area contributed by atoms with Gasteiger partial charge >= 0.3 is 6.18 Å². The van der Waals surface area contributed by atoms with E-state index in [0.717, 1.165) is 34.8 Å². The number of amides is 1. The summed E-state index contributed by atoms with van der Waals surface area (Å²) in [6.45, 7) is 3.60. The first-order valence-electron chi connectivity index (χ1n) is 13.1. The number of benzene rings is 1. The molecule has 5 rings (SSSR count). The fourth-order valence-corrected chi connectivity index (χ4v) is 7.81. The van der Waals surface area contributed by atoms with E-state index in [0.29, 0.717) is 12.8 Å². The maximum absolute atomic E-state index is 14.8. The molecule has 4 atom stereocenters. The third-order valence-electron chi connectivity index (χ3n) is 8.15. The summed E-state index contributed by atoms with van der Waals surface area (Å²) in [6.07, 6.45) is -0.662. The third-order valence-corrected chi connectivity index (χ3v) is 10.0. The number of nitrogens with zero attached hydrogens (tertiary/aromatic N) is 3. The second-order valence-electron chi connectivity index (χ2n) is 10.6. The van der Waals surface area contributed by atoms with Crippen molar-refractivity contribution in [2.24, 2.45) is 11.8 Å². The minimum atomic E-state index is -4.29. The number of nitrogens with one attached hydrogen (secondary N) is 1. The molecule has 4 unspecified atom stereocenters. The van der Waals surface area contributed by atoms with Crippen molar-refractivity contribution in [1.82, 2.24) is 14.6 Å². The van der Waals surface area contributed by atoms with Crippen LogP contribution in [-0.2, 0) is 21.4 Å². The summed E-state index contributed by atoms with van der Waals surface area (Å²) in [5.74, 6) is -3.53. The third kappa shape index (κ3) is 5.45. The smallest absolute Gasteiger partial charge is 0.363 e. The molecule has 1 amide bonds. The molecule has 3 aliphatic heterocycles. The van der Waals surface area contributed by atoms with Crippen molar-refractivity contribution < 1.29 is 35.2 Å². The molecule has 3 fully saturated rings. The van der Waals surface area contributed by atoms with E-state index in [1.807, 2.05) is 0 Å². The molecule has 1 aromatic carbocycles. The maximum atomic E-state index is 14.8. The minimum absolute atomic E-state index is 0.0247. The van der Waals surface area contributed by atoms with E-state index in [4.69, 9.17) is 0 Å². The Morgan fingerprint density at radius 2 is 1.75 bits per heavy atom. The van der Waals surface area contributed by atoms with Gasteiger partial charge in [-0.2, -0.15) is 17.5 Å². The second-order valence-corrected chi connectivity index (χ2v) is 12.5. The van der Waals surface area contributed by atoms with Crippen molar-refractivity contribution in [2.75, 3.05) is 11.4 Å². The molecule has 1 aromatic heterocycles. The largest absolute Gasteiger partial charge is 0.391 e. The van der Waals surface area contributed by atoms with E-state index in [1.165, 1.54) is 6.07 Å². The van der Waals surface area contributed by atoms with Gasteiger partial charge in [-0.3, -0.25) is 9.78 Å². The first kappa shape index (κ1) is 28.5. The highest BCUT2D eigenvalue weighted by molar-refractivity contribution is 7.89. The highest BCUT2D eigenvalue weighted by Gasteiger charge is 2.50. The molecule has 0 spiro atoms. The van der Waals surface area contributed by atoms with Gasteiger partial charge in [-0.05, 0) is 68.4 Å². The topological polar surface area (TPSA) is 82.6 Å². The van der Waals surface area contributed by atoms with E-state index in [2.05, 4.69) is 16.9 Å². The number of halogens is 5. The number of fused-ring (bicyclic) bond motifs is 2. The lowest BCUT2D eigenvalue weighted by Crippen LogP contribution is -2.47. The van der Waals surface area contributed by atoms with Gasteiger partial charge in [0.2, 0.25) is 15.9 Å². The zero-order valence-electron chi connectivity index (χ0n) is 21.4. The highest BCUT2D eigenvalue weighted by atomic mass is 32.2. The molecule has 3 saturated heterocycles. The van der Waals surface area contributed by atoms with Crippen LogP contribution in [0.3, 0.4) is 0 Å². The van der Waals surface area contributed by atoms with Crippen LogP contribution in [-0.4, -0.2) is 54.5 Å². The number of carbonyl (C=O) groups is 1. The van der Waals surface area contributed by atoms with Crippen LogP contribution >= 0.6 is 0 Å². The average molecular weight is 585 g/mol. The number of anilines is 1.